The quantitative estimate of drug-likeness (QED) is 0.622. The summed E-state index contributed by atoms with van der Waals surface area (Å²) in [4.78, 5) is 12.6. The third-order valence-electron chi connectivity index (χ3n) is 3.99. The maximum absolute atomic E-state index is 12.7. The van der Waals surface area contributed by atoms with Crippen molar-refractivity contribution in [3.05, 3.63) is 53.1 Å². The molecular formula is C20H25ClN2O4S. The third-order valence-corrected chi connectivity index (χ3v) is 5.83. The number of nitrogens with one attached hydrogen (secondary N) is 2. The Hall–Kier alpha value is -2.09. The van der Waals surface area contributed by atoms with Crippen molar-refractivity contribution in [1.29, 1.82) is 0 Å². The van der Waals surface area contributed by atoms with Crippen LogP contribution in [0.25, 0.3) is 0 Å². The van der Waals surface area contributed by atoms with E-state index >= 15 is 0 Å². The molecule has 152 valence electrons. The van der Waals surface area contributed by atoms with E-state index in [1.807, 2.05) is 20.8 Å². The van der Waals surface area contributed by atoms with E-state index in [9.17, 15) is 13.2 Å². The molecule has 2 aromatic rings. The van der Waals surface area contributed by atoms with E-state index < -0.39 is 10.0 Å². The molecule has 28 heavy (non-hydrogen) atoms. The lowest BCUT2D eigenvalue weighted by Crippen LogP contribution is -2.32. The molecular weight excluding hydrogens is 400 g/mol. The van der Waals surface area contributed by atoms with Crippen molar-refractivity contribution >= 4 is 33.2 Å². The van der Waals surface area contributed by atoms with Crippen LogP contribution in [0.2, 0.25) is 5.02 Å². The minimum Gasteiger partial charge on any atom is -0.492 e. The minimum absolute atomic E-state index is 0.0605. The first-order chi connectivity index (χ1) is 13.3. The Morgan fingerprint density at radius 1 is 1.14 bits per heavy atom. The van der Waals surface area contributed by atoms with Crippen molar-refractivity contribution in [3.8, 4) is 5.75 Å². The van der Waals surface area contributed by atoms with Crippen LogP contribution in [0.15, 0.2) is 47.4 Å². The number of amides is 1. The van der Waals surface area contributed by atoms with Crippen LogP contribution in [0.5, 0.6) is 5.75 Å². The number of rotatable bonds is 9. The summed E-state index contributed by atoms with van der Waals surface area (Å²) in [6.45, 7) is 6.00. The second-order valence-electron chi connectivity index (χ2n) is 6.36. The number of sulfonamides is 1. The number of carbonyl (C=O) groups is 1. The van der Waals surface area contributed by atoms with E-state index in [2.05, 4.69) is 10.0 Å². The molecule has 2 N–H and O–H groups in total. The van der Waals surface area contributed by atoms with Crippen molar-refractivity contribution < 1.29 is 17.9 Å². The molecule has 0 heterocycles. The van der Waals surface area contributed by atoms with Crippen LogP contribution < -0.4 is 14.8 Å². The van der Waals surface area contributed by atoms with E-state index in [-0.39, 0.29) is 22.5 Å². The van der Waals surface area contributed by atoms with Gasteiger partial charge in [-0.05, 0) is 62.7 Å². The van der Waals surface area contributed by atoms with Crippen molar-refractivity contribution in [3.63, 3.8) is 0 Å². The summed E-state index contributed by atoms with van der Waals surface area (Å²) in [7, 11) is -3.72. The first-order valence-electron chi connectivity index (χ1n) is 9.13. The second kappa shape index (κ2) is 9.91. The highest BCUT2D eigenvalue weighted by Crippen LogP contribution is 2.28. The van der Waals surface area contributed by atoms with Gasteiger partial charge >= 0.3 is 0 Å². The summed E-state index contributed by atoms with van der Waals surface area (Å²) in [5, 5.41) is 3.24. The summed E-state index contributed by atoms with van der Waals surface area (Å²) in [5.74, 6) is 0.00449. The van der Waals surface area contributed by atoms with Gasteiger partial charge in [0.05, 0.1) is 17.2 Å². The fourth-order valence-electron chi connectivity index (χ4n) is 2.68. The molecule has 1 amide bonds. The first-order valence-corrected chi connectivity index (χ1v) is 11.0. The van der Waals surface area contributed by atoms with Gasteiger partial charge in [-0.3, -0.25) is 4.79 Å². The molecule has 0 aliphatic rings. The summed E-state index contributed by atoms with van der Waals surface area (Å²) >= 11 is 5.85. The fraction of sp³-hybridized carbons (Fsp3) is 0.350. The third kappa shape index (κ3) is 5.95. The van der Waals surface area contributed by atoms with Gasteiger partial charge in [0, 0.05) is 16.6 Å². The Kier molecular flexibility index (Phi) is 7.86. The molecule has 0 saturated carbocycles. The molecule has 0 fully saturated rings. The van der Waals surface area contributed by atoms with Crippen LogP contribution in [0.3, 0.4) is 0 Å². The standard InChI is InChI=1S/C20H25ClN2O4S/c1-4-6-14(3)23-28(25,26)17-11-12-19(27-5-2)18(13-17)22-20(24)15-7-9-16(21)10-8-15/h7-14,23H,4-6H2,1-3H3,(H,22,24)/t14-/m1/s1. The topological polar surface area (TPSA) is 84.5 Å². The number of ether oxygens (including phenoxy) is 1. The van der Waals surface area contributed by atoms with Gasteiger partial charge in [0.2, 0.25) is 10.0 Å². The van der Waals surface area contributed by atoms with Crippen LogP contribution >= 0.6 is 11.6 Å². The van der Waals surface area contributed by atoms with Crippen LogP contribution in [0, 0.1) is 0 Å². The maximum atomic E-state index is 12.7. The lowest BCUT2D eigenvalue weighted by molar-refractivity contribution is 0.102. The van der Waals surface area contributed by atoms with Gasteiger partial charge in [-0.1, -0.05) is 24.9 Å². The summed E-state index contributed by atoms with van der Waals surface area (Å²) in [6.07, 6.45) is 1.60. The number of carbonyl (C=O) groups excluding carboxylic acids is 1. The van der Waals surface area contributed by atoms with Gasteiger partial charge in [-0.15, -0.1) is 0 Å². The molecule has 0 aliphatic heterocycles. The zero-order chi connectivity index (χ0) is 20.7. The minimum atomic E-state index is -3.72. The van der Waals surface area contributed by atoms with E-state index in [0.29, 0.717) is 22.9 Å². The molecule has 0 aliphatic carbocycles. The zero-order valence-corrected chi connectivity index (χ0v) is 17.7. The molecule has 1 atom stereocenters. The number of hydrogen-bond donors (Lipinski definition) is 2. The van der Waals surface area contributed by atoms with E-state index in [1.54, 1.807) is 30.3 Å². The van der Waals surface area contributed by atoms with Gasteiger partial charge in [0.25, 0.3) is 5.91 Å². The molecule has 0 unspecified atom stereocenters. The van der Waals surface area contributed by atoms with Crippen molar-refractivity contribution in [2.45, 2.75) is 44.6 Å². The smallest absolute Gasteiger partial charge is 0.255 e. The molecule has 6 nitrogen and oxygen atoms in total. The Balaban J connectivity index is 2.32. The monoisotopic (exact) mass is 424 g/mol. The molecule has 2 aromatic carbocycles. The van der Waals surface area contributed by atoms with Crippen LogP contribution in [0.1, 0.15) is 44.0 Å². The predicted molar refractivity (Wildman–Crippen MR) is 112 cm³/mol. The van der Waals surface area contributed by atoms with Gasteiger partial charge < -0.3 is 10.1 Å². The highest BCUT2D eigenvalue weighted by atomic mass is 35.5. The molecule has 0 radical (unpaired) electrons. The SMILES string of the molecule is CCC[C@@H](C)NS(=O)(=O)c1ccc(OCC)c(NC(=O)c2ccc(Cl)cc2)c1. The first kappa shape index (κ1) is 22.2. The van der Waals surface area contributed by atoms with Gasteiger partial charge in [0.1, 0.15) is 5.75 Å². The summed E-state index contributed by atoms with van der Waals surface area (Å²) in [6, 6.07) is 10.6. The van der Waals surface area contributed by atoms with E-state index in [4.69, 9.17) is 16.3 Å². The molecule has 0 saturated heterocycles. The number of halogens is 1. The van der Waals surface area contributed by atoms with Crippen molar-refractivity contribution in [2.24, 2.45) is 0 Å². The average Bonchev–Trinajstić information content (AvgIpc) is 2.63. The van der Waals surface area contributed by atoms with Gasteiger partial charge in [-0.2, -0.15) is 0 Å². The van der Waals surface area contributed by atoms with Crippen LogP contribution in [0.4, 0.5) is 5.69 Å². The number of benzene rings is 2. The number of anilines is 1. The van der Waals surface area contributed by atoms with E-state index in [0.717, 1.165) is 12.8 Å². The summed E-state index contributed by atoms with van der Waals surface area (Å²) in [5.41, 5.74) is 0.683. The van der Waals surface area contributed by atoms with Gasteiger partial charge in [-0.25, -0.2) is 13.1 Å². The average molecular weight is 425 g/mol. The Labute approximate surface area is 171 Å². The molecule has 2 rings (SSSR count). The largest absolute Gasteiger partial charge is 0.492 e. The maximum Gasteiger partial charge on any atom is 0.255 e. The Morgan fingerprint density at radius 2 is 1.82 bits per heavy atom. The fourth-order valence-corrected chi connectivity index (χ4v) is 4.11. The number of hydrogen-bond acceptors (Lipinski definition) is 4. The van der Waals surface area contributed by atoms with Crippen LogP contribution in [-0.2, 0) is 10.0 Å². The predicted octanol–water partition coefficient (Wildman–Crippen LogP) is 4.46. The summed E-state index contributed by atoms with van der Waals surface area (Å²) < 4.78 is 33.5. The van der Waals surface area contributed by atoms with Gasteiger partial charge in [0.15, 0.2) is 0 Å². The lowest BCUT2D eigenvalue weighted by Gasteiger charge is -2.16. The highest BCUT2D eigenvalue weighted by molar-refractivity contribution is 7.89. The Bertz CT molecular complexity index is 914. The van der Waals surface area contributed by atoms with Crippen molar-refractivity contribution in [1.82, 2.24) is 4.72 Å². The normalized spacial score (nSPS) is 12.4. The highest BCUT2D eigenvalue weighted by Gasteiger charge is 2.20. The molecule has 0 bridgehead atoms. The van der Waals surface area contributed by atoms with E-state index in [1.165, 1.54) is 12.1 Å². The lowest BCUT2D eigenvalue weighted by atomic mass is 10.2. The second-order valence-corrected chi connectivity index (χ2v) is 8.51. The molecule has 0 spiro atoms. The Morgan fingerprint density at radius 3 is 2.43 bits per heavy atom. The molecule has 8 heteroatoms. The zero-order valence-electron chi connectivity index (χ0n) is 16.2. The van der Waals surface area contributed by atoms with Crippen LogP contribution in [-0.4, -0.2) is 27.0 Å². The van der Waals surface area contributed by atoms with Crippen molar-refractivity contribution in [2.75, 3.05) is 11.9 Å². The molecule has 0 aromatic heterocycles.